The SMILES string of the molecule is CC(CO)(CO)Nc1nc(N)nc(N2CCOCC2)n1. The summed E-state index contributed by atoms with van der Waals surface area (Å²) in [4.78, 5) is 14.3. The first-order valence-corrected chi connectivity index (χ1v) is 6.40. The number of aromatic nitrogens is 3. The summed E-state index contributed by atoms with van der Waals surface area (Å²) >= 11 is 0. The molecule has 0 unspecified atom stereocenters. The van der Waals surface area contributed by atoms with Crippen LogP contribution in [-0.4, -0.2) is 70.2 Å². The van der Waals surface area contributed by atoms with E-state index in [1.54, 1.807) is 6.92 Å². The van der Waals surface area contributed by atoms with E-state index in [1.165, 1.54) is 0 Å². The minimum Gasteiger partial charge on any atom is -0.394 e. The molecule has 5 N–H and O–H groups in total. The van der Waals surface area contributed by atoms with Crippen LogP contribution in [0.1, 0.15) is 6.92 Å². The van der Waals surface area contributed by atoms with Gasteiger partial charge in [-0.05, 0) is 6.92 Å². The quantitative estimate of drug-likeness (QED) is 0.507. The van der Waals surface area contributed by atoms with Crippen LogP contribution in [-0.2, 0) is 4.74 Å². The molecule has 2 heterocycles. The average Bonchev–Trinajstić information content (AvgIpc) is 2.47. The molecule has 2 rings (SSSR count). The summed E-state index contributed by atoms with van der Waals surface area (Å²) in [5, 5.41) is 21.4. The summed E-state index contributed by atoms with van der Waals surface area (Å²) < 4.78 is 5.27. The van der Waals surface area contributed by atoms with Crippen molar-refractivity contribution in [3.8, 4) is 0 Å². The second kappa shape index (κ2) is 6.16. The van der Waals surface area contributed by atoms with Crippen LogP contribution in [0.2, 0.25) is 0 Å². The fourth-order valence-electron chi connectivity index (χ4n) is 1.74. The Morgan fingerprint density at radius 3 is 2.50 bits per heavy atom. The number of nitrogens with one attached hydrogen (secondary N) is 1. The molecule has 1 aromatic heterocycles. The topological polar surface area (TPSA) is 130 Å². The van der Waals surface area contributed by atoms with Crippen LogP contribution in [0.4, 0.5) is 17.8 Å². The molecule has 20 heavy (non-hydrogen) atoms. The highest BCUT2D eigenvalue weighted by atomic mass is 16.5. The number of anilines is 3. The number of nitrogens with zero attached hydrogens (tertiary/aromatic N) is 4. The van der Waals surface area contributed by atoms with E-state index in [-0.39, 0.29) is 25.1 Å². The van der Waals surface area contributed by atoms with Crippen LogP contribution in [0, 0.1) is 0 Å². The van der Waals surface area contributed by atoms with Crippen molar-refractivity contribution in [2.24, 2.45) is 0 Å². The predicted molar refractivity (Wildman–Crippen MR) is 73.5 cm³/mol. The lowest BCUT2D eigenvalue weighted by molar-refractivity contribution is 0.122. The number of hydrogen-bond donors (Lipinski definition) is 4. The first-order chi connectivity index (χ1) is 9.56. The van der Waals surface area contributed by atoms with E-state index < -0.39 is 5.54 Å². The summed E-state index contributed by atoms with van der Waals surface area (Å²) in [6.45, 7) is 3.71. The minimum absolute atomic E-state index is 0.0854. The zero-order valence-corrected chi connectivity index (χ0v) is 11.4. The van der Waals surface area contributed by atoms with E-state index in [0.29, 0.717) is 32.3 Å². The summed E-state index contributed by atoms with van der Waals surface area (Å²) in [6, 6.07) is 0. The summed E-state index contributed by atoms with van der Waals surface area (Å²) in [6.07, 6.45) is 0. The fourth-order valence-corrected chi connectivity index (χ4v) is 1.74. The van der Waals surface area contributed by atoms with E-state index in [9.17, 15) is 10.2 Å². The number of ether oxygens (including phenoxy) is 1. The van der Waals surface area contributed by atoms with Crippen LogP contribution < -0.4 is 16.0 Å². The number of nitrogen functional groups attached to an aromatic ring is 1. The zero-order valence-electron chi connectivity index (χ0n) is 11.4. The van der Waals surface area contributed by atoms with E-state index >= 15 is 0 Å². The molecule has 0 bridgehead atoms. The Balaban J connectivity index is 2.19. The molecule has 1 aromatic rings. The molecule has 0 saturated carbocycles. The molecule has 0 radical (unpaired) electrons. The van der Waals surface area contributed by atoms with Gasteiger partial charge in [0.1, 0.15) is 0 Å². The highest BCUT2D eigenvalue weighted by Gasteiger charge is 2.24. The number of nitrogens with two attached hydrogens (primary N) is 1. The maximum atomic E-state index is 9.28. The van der Waals surface area contributed by atoms with E-state index in [4.69, 9.17) is 10.5 Å². The smallest absolute Gasteiger partial charge is 0.232 e. The molecule has 0 aromatic carbocycles. The first-order valence-electron chi connectivity index (χ1n) is 6.40. The lowest BCUT2D eigenvalue weighted by atomic mass is 10.1. The van der Waals surface area contributed by atoms with E-state index in [2.05, 4.69) is 20.3 Å². The molecule has 0 spiro atoms. The molecule has 1 saturated heterocycles. The third kappa shape index (κ3) is 3.44. The number of aliphatic hydroxyl groups is 2. The molecule has 0 amide bonds. The lowest BCUT2D eigenvalue weighted by Gasteiger charge is -2.29. The third-order valence-corrected chi connectivity index (χ3v) is 3.05. The van der Waals surface area contributed by atoms with Crippen LogP contribution in [0.3, 0.4) is 0 Å². The molecule has 9 nitrogen and oxygen atoms in total. The summed E-state index contributed by atoms with van der Waals surface area (Å²) in [5.74, 6) is 0.772. The van der Waals surface area contributed by atoms with Gasteiger partial charge in [-0.3, -0.25) is 0 Å². The molecule has 9 heteroatoms. The standard InChI is InChI=1S/C11H20N6O3/c1-11(6-18,7-19)16-9-13-8(12)14-10(15-9)17-2-4-20-5-3-17/h18-19H,2-7H2,1H3,(H3,12,13,14,15,16). The monoisotopic (exact) mass is 284 g/mol. The molecule has 112 valence electrons. The van der Waals surface area contributed by atoms with Crippen LogP contribution in [0.15, 0.2) is 0 Å². The minimum atomic E-state index is -0.921. The molecule has 0 aliphatic carbocycles. The lowest BCUT2D eigenvalue weighted by Crippen LogP contribution is -2.43. The van der Waals surface area contributed by atoms with Gasteiger partial charge in [0.25, 0.3) is 0 Å². The van der Waals surface area contributed by atoms with Gasteiger partial charge in [0.05, 0.1) is 32.0 Å². The van der Waals surface area contributed by atoms with Crippen molar-refractivity contribution >= 4 is 17.8 Å². The Morgan fingerprint density at radius 1 is 1.25 bits per heavy atom. The molecule has 1 fully saturated rings. The third-order valence-electron chi connectivity index (χ3n) is 3.05. The largest absolute Gasteiger partial charge is 0.394 e. The van der Waals surface area contributed by atoms with Gasteiger partial charge in [0, 0.05) is 13.1 Å². The number of hydrogen-bond acceptors (Lipinski definition) is 9. The van der Waals surface area contributed by atoms with Gasteiger partial charge in [0.15, 0.2) is 0 Å². The zero-order chi connectivity index (χ0) is 14.6. The Kier molecular flexibility index (Phi) is 4.53. The molecular formula is C11H20N6O3. The second-order valence-electron chi connectivity index (χ2n) is 4.92. The summed E-state index contributed by atoms with van der Waals surface area (Å²) in [5.41, 5.74) is 4.76. The van der Waals surface area contributed by atoms with Gasteiger partial charge < -0.3 is 30.9 Å². The maximum Gasteiger partial charge on any atom is 0.232 e. The van der Waals surface area contributed by atoms with Gasteiger partial charge >= 0.3 is 0 Å². The fraction of sp³-hybridized carbons (Fsp3) is 0.727. The Bertz CT molecular complexity index is 448. The number of morpholine rings is 1. The highest BCUT2D eigenvalue weighted by molar-refractivity contribution is 5.43. The van der Waals surface area contributed by atoms with Crippen molar-refractivity contribution in [1.29, 1.82) is 0 Å². The van der Waals surface area contributed by atoms with Crippen LogP contribution in [0.25, 0.3) is 0 Å². The van der Waals surface area contributed by atoms with Gasteiger partial charge in [-0.25, -0.2) is 0 Å². The van der Waals surface area contributed by atoms with Crippen molar-refractivity contribution in [2.45, 2.75) is 12.5 Å². The molecule has 1 aliphatic rings. The molecular weight excluding hydrogens is 264 g/mol. The number of rotatable bonds is 5. The first kappa shape index (κ1) is 14.7. The Morgan fingerprint density at radius 2 is 1.90 bits per heavy atom. The van der Waals surface area contributed by atoms with Crippen molar-refractivity contribution in [2.75, 3.05) is 55.5 Å². The van der Waals surface area contributed by atoms with E-state index in [1.807, 2.05) is 4.90 Å². The van der Waals surface area contributed by atoms with E-state index in [0.717, 1.165) is 0 Å². The van der Waals surface area contributed by atoms with Gasteiger partial charge in [-0.2, -0.15) is 15.0 Å². The predicted octanol–water partition coefficient (Wildman–Crippen LogP) is -1.55. The Labute approximate surface area is 116 Å². The van der Waals surface area contributed by atoms with Crippen LogP contribution in [0.5, 0.6) is 0 Å². The van der Waals surface area contributed by atoms with Gasteiger partial charge in [0.2, 0.25) is 17.8 Å². The normalized spacial score (nSPS) is 16.2. The maximum absolute atomic E-state index is 9.28. The van der Waals surface area contributed by atoms with Gasteiger partial charge in [-0.15, -0.1) is 0 Å². The van der Waals surface area contributed by atoms with Crippen molar-refractivity contribution < 1.29 is 14.9 Å². The highest BCUT2D eigenvalue weighted by Crippen LogP contribution is 2.16. The molecule has 0 atom stereocenters. The van der Waals surface area contributed by atoms with Crippen molar-refractivity contribution in [3.63, 3.8) is 0 Å². The van der Waals surface area contributed by atoms with Crippen molar-refractivity contribution in [3.05, 3.63) is 0 Å². The average molecular weight is 284 g/mol. The summed E-state index contributed by atoms with van der Waals surface area (Å²) in [7, 11) is 0. The van der Waals surface area contributed by atoms with Gasteiger partial charge in [-0.1, -0.05) is 0 Å². The number of aliphatic hydroxyl groups excluding tert-OH is 2. The molecule has 1 aliphatic heterocycles. The second-order valence-corrected chi connectivity index (χ2v) is 4.92. The van der Waals surface area contributed by atoms with Crippen molar-refractivity contribution in [1.82, 2.24) is 15.0 Å². The van der Waals surface area contributed by atoms with Crippen LogP contribution >= 0.6 is 0 Å². The Hall–Kier alpha value is -1.71.